The third-order valence-corrected chi connectivity index (χ3v) is 4.38. The molecule has 5 nitrogen and oxygen atoms in total. The van der Waals surface area contributed by atoms with E-state index in [4.69, 9.17) is 5.73 Å². The first-order valence-electron chi connectivity index (χ1n) is 7.90. The molecule has 0 aliphatic carbocycles. The van der Waals surface area contributed by atoms with Gasteiger partial charge in [0.25, 0.3) is 0 Å². The first kappa shape index (κ1) is 16.5. The fourth-order valence-corrected chi connectivity index (χ4v) is 3.25. The van der Waals surface area contributed by atoms with E-state index >= 15 is 0 Å². The van der Waals surface area contributed by atoms with E-state index in [1.807, 2.05) is 24.3 Å². The van der Waals surface area contributed by atoms with Gasteiger partial charge in [0.2, 0.25) is 5.91 Å². The highest BCUT2D eigenvalue weighted by Crippen LogP contribution is 2.40. The molecule has 2 unspecified atom stereocenters. The van der Waals surface area contributed by atoms with E-state index in [-0.39, 0.29) is 17.2 Å². The predicted octanol–water partition coefficient (Wildman–Crippen LogP) is 2.72. The van der Waals surface area contributed by atoms with Crippen LogP contribution in [0.3, 0.4) is 0 Å². The summed E-state index contributed by atoms with van der Waals surface area (Å²) in [4.78, 5) is 26.7. The Morgan fingerprint density at radius 3 is 2.16 bits per heavy atom. The molecule has 0 aromatic heterocycles. The van der Waals surface area contributed by atoms with E-state index in [9.17, 15) is 14.9 Å². The smallest absolute Gasteiger partial charge is 0.244 e. The van der Waals surface area contributed by atoms with Crippen LogP contribution >= 0.6 is 0 Å². The number of para-hydroxylation sites is 1. The van der Waals surface area contributed by atoms with Crippen molar-refractivity contribution in [1.29, 1.82) is 5.26 Å². The monoisotopic (exact) mass is 331 g/mol. The summed E-state index contributed by atoms with van der Waals surface area (Å²) < 4.78 is 0. The van der Waals surface area contributed by atoms with Crippen LogP contribution in [0, 0.1) is 17.2 Å². The van der Waals surface area contributed by atoms with Crippen LogP contribution in [0.25, 0.3) is 0 Å². The van der Waals surface area contributed by atoms with Crippen molar-refractivity contribution in [1.82, 2.24) is 0 Å². The average molecular weight is 331 g/mol. The topological polar surface area (TPSA) is 87.2 Å². The third kappa shape index (κ3) is 2.79. The van der Waals surface area contributed by atoms with Gasteiger partial charge in [0.05, 0.1) is 17.3 Å². The van der Waals surface area contributed by atoms with Gasteiger partial charge in [-0.15, -0.1) is 0 Å². The maximum Gasteiger partial charge on any atom is 0.244 e. The molecule has 0 radical (unpaired) electrons. The highest BCUT2D eigenvalue weighted by atomic mass is 16.2. The van der Waals surface area contributed by atoms with Crippen molar-refractivity contribution < 1.29 is 9.59 Å². The number of carbonyl (C=O) groups excluding carboxylic acids is 2. The summed E-state index contributed by atoms with van der Waals surface area (Å²) in [6, 6.07) is 20.0. The van der Waals surface area contributed by atoms with Gasteiger partial charge in [0, 0.05) is 5.92 Å². The van der Waals surface area contributed by atoms with Gasteiger partial charge in [-0.05, 0) is 24.6 Å². The fraction of sp³-hybridized carbons (Fsp3) is 0.150. The van der Waals surface area contributed by atoms with Crippen LogP contribution in [0.2, 0.25) is 0 Å². The van der Waals surface area contributed by atoms with Gasteiger partial charge in [0.1, 0.15) is 17.5 Å². The Morgan fingerprint density at radius 2 is 1.64 bits per heavy atom. The summed E-state index contributed by atoms with van der Waals surface area (Å²) in [5.41, 5.74) is 7.69. The van der Waals surface area contributed by atoms with Crippen molar-refractivity contribution >= 4 is 17.4 Å². The predicted molar refractivity (Wildman–Crippen MR) is 94.1 cm³/mol. The number of nitriles is 1. The SMILES string of the molecule is CC(=O)C1C(=O)N(c2ccccc2)C(N)=C(C#N)C1c1ccccc1. The lowest BCUT2D eigenvalue weighted by atomic mass is 9.75. The molecule has 0 bridgehead atoms. The van der Waals surface area contributed by atoms with E-state index in [0.717, 1.165) is 5.56 Å². The van der Waals surface area contributed by atoms with Crippen molar-refractivity contribution in [2.75, 3.05) is 4.90 Å². The Morgan fingerprint density at radius 1 is 1.08 bits per heavy atom. The van der Waals surface area contributed by atoms with Crippen LogP contribution < -0.4 is 10.6 Å². The molecule has 1 aliphatic rings. The zero-order valence-electron chi connectivity index (χ0n) is 13.7. The highest BCUT2D eigenvalue weighted by molar-refractivity contribution is 6.11. The lowest BCUT2D eigenvalue weighted by Gasteiger charge is -2.36. The molecule has 2 N–H and O–H groups in total. The number of nitrogens with two attached hydrogens (primary N) is 1. The minimum absolute atomic E-state index is 0.0741. The number of amides is 1. The molecule has 124 valence electrons. The Balaban J connectivity index is 2.23. The highest BCUT2D eigenvalue weighted by Gasteiger charge is 2.45. The molecule has 2 atom stereocenters. The maximum atomic E-state index is 13.1. The van der Waals surface area contributed by atoms with Crippen molar-refractivity contribution in [3.05, 3.63) is 77.6 Å². The van der Waals surface area contributed by atoms with Crippen molar-refractivity contribution in [2.24, 2.45) is 11.7 Å². The van der Waals surface area contributed by atoms with E-state index in [2.05, 4.69) is 6.07 Å². The number of hydrogen-bond acceptors (Lipinski definition) is 4. The molecular weight excluding hydrogens is 314 g/mol. The summed E-state index contributed by atoms with van der Waals surface area (Å²) in [6.07, 6.45) is 0. The van der Waals surface area contributed by atoms with Gasteiger partial charge in [-0.2, -0.15) is 5.26 Å². The van der Waals surface area contributed by atoms with Crippen molar-refractivity contribution in [3.63, 3.8) is 0 Å². The van der Waals surface area contributed by atoms with Gasteiger partial charge < -0.3 is 5.73 Å². The molecule has 3 rings (SSSR count). The van der Waals surface area contributed by atoms with E-state index in [1.54, 1.807) is 36.4 Å². The molecule has 1 amide bonds. The zero-order chi connectivity index (χ0) is 18.0. The summed E-state index contributed by atoms with van der Waals surface area (Å²) >= 11 is 0. The van der Waals surface area contributed by atoms with Gasteiger partial charge in [-0.3, -0.25) is 14.5 Å². The Kier molecular flexibility index (Phi) is 4.36. The first-order valence-corrected chi connectivity index (χ1v) is 7.90. The summed E-state index contributed by atoms with van der Waals surface area (Å²) in [5, 5.41) is 9.71. The molecule has 1 heterocycles. The molecule has 0 saturated carbocycles. The van der Waals surface area contributed by atoms with E-state index in [1.165, 1.54) is 11.8 Å². The number of Topliss-reactive ketones (excluding diaryl/α,β-unsaturated/α-hetero) is 1. The number of carbonyl (C=O) groups is 2. The second kappa shape index (κ2) is 6.62. The molecule has 2 aromatic carbocycles. The normalized spacial score (nSPS) is 20.3. The van der Waals surface area contributed by atoms with Gasteiger partial charge in [-0.1, -0.05) is 48.5 Å². The van der Waals surface area contributed by atoms with Gasteiger partial charge in [-0.25, -0.2) is 0 Å². The Labute approximate surface area is 146 Å². The quantitative estimate of drug-likeness (QED) is 0.876. The number of benzene rings is 2. The number of allylic oxidation sites excluding steroid dienone is 1. The molecule has 0 spiro atoms. The van der Waals surface area contributed by atoms with Crippen LogP contribution in [0.1, 0.15) is 18.4 Å². The van der Waals surface area contributed by atoms with Crippen LogP contribution in [0.5, 0.6) is 0 Å². The van der Waals surface area contributed by atoms with Crippen LogP contribution in [0.4, 0.5) is 5.69 Å². The number of anilines is 1. The van der Waals surface area contributed by atoms with Crippen LogP contribution in [-0.4, -0.2) is 11.7 Å². The molecule has 5 heteroatoms. The molecule has 25 heavy (non-hydrogen) atoms. The van der Waals surface area contributed by atoms with E-state index < -0.39 is 17.7 Å². The molecule has 2 aromatic rings. The second-order valence-electron chi connectivity index (χ2n) is 5.90. The van der Waals surface area contributed by atoms with Gasteiger partial charge in [0.15, 0.2) is 0 Å². The largest absolute Gasteiger partial charge is 0.384 e. The third-order valence-electron chi connectivity index (χ3n) is 4.38. The Hall–Kier alpha value is -3.39. The van der Waals surface area contributed by atoms with E-state index in [0.29, 0.717) is 5.69 Å². The maximum absolute atomic E-state index is 13.1. The zero-order valence-corrected chi connectivity index (χ0v) is 13.7. The lowest BCUT2D eigenvalue weighted by Crippen LogP contribution is -2.48. The van der Waals surface area contributed by atoms with Crippen molar-refractivity contribution in [3.8, 4) is 6.07 Å². The summed E-state index contributed by atoms with van der Waals surface area (Å²) in [6.45, 7) is 1.37. The minimum Gasteiger partial charge on any atom is -0.384 e. The average Bonchev–Trinajstić information content (AvgIpc) is 2.62. The lowest BCUT2D eigenvalue weighted by molar-refractivity contribution is -0.132. The standard InChI is InChI=1S/C20H17N3O2/c1-13(24)17-18(14-8-4-2-5-9-14)16(12-21)19(22)23(20(17)25)15-10-6-3-7-11-15/h2-11,17-18H,22H2,1H3. The van der Waals surface area contributed by atoms with Gasteiger partial charge >= 0.3 is 0 Å². The summed E-state index contributed by atoms with van der Waals surface area (Å²) in [5.74, 6) is -2.28. The molecule has 1 aliphatic heterocycles. The minimum atomic E-state index is -0.982. The molecule has 0 fully saturated rings. The Bertz CT molecular complexity index is 882. The molecular formula is C20H17N3O2. The van der Waals surface area contributed by atoms with Crippen LogP contribution in [0.15, 0.2) is 72.1 Å². The number of ketones is 1. The number of hydrogen-bond donors (Lipinski definition) is 1. The second-order valence-corrected chi connectivity index (χ2v) is 5.90. The number of nitrogens with zero attached hydrogens (tertiary/aromatic N) is 2. The molecule has 0 saturated heterocycles. The summed E-state index contributed by atoms with van der Waals surface area (Å²) in [7, 11) is 0. The number of rotatable bonds is 3. The van der Waals surface area contributed by atoms with Crippen LogP contribution in [-0.2, 0) is 9.59 Å². The van der Waals surface area contributed by atoms with Crippen molar-refractivity contribution in [2.45, 2.75) is 12.8 Å². The first-order chi connectivity index (χ1) is 12.1. The fourth-order valence-electron chi connectivity index (χ4n) is 3.25.